The quantitative estimate of drug-likeness (QED) is 0.493. The van der Waals surface area contributed by atoms with Crippen LogP contribution in [0.4, 0.5) is 11.4 Å². The smallest absolute Gasteiger partial charge is 0.282 e. The number of nitrogens with zero attached hydrogens (tertiary/aromatic N) is 1. The normalized spacial score (nSPS) is 21.6. The van der Waals surface area contributed by atoms with Gasteiger partial charge in [0, 0.05) is 18.9 Å². The maximum absolute atomic E-state index is 12.2. The Bertz CT molecular complexity index is 532. The second-order valence-corrected chi connectivity index (χ2v) is 4.82. The van der Waals surface area contributed by atoms with E-state index in [1.165, 1.54) is 18.2 Å². The number of carbonyl (C=O) groups excluding carboxylic acids is 1. The van der Waals surface area contributed by atoms with Gasteiger partial charge in [-0.25, -0.2) is 0 Å². The highest BCUT2D eigenvalue weighted by Gasteiger charge is 2.30. The summed E-state index contributed by atoms with van der Waals surface area (Å²) >= 11 is 0. The van der Waals surface area contributed by atoms with Crippen LogP contribution in [-0.4, -0.2) is 30.1 Å². The first-order valence-electron chi connectivity index (χ1n) is 6.40. The van der Waals surface area contributed by atoms with Crippen LogP contribution in [0.2, 0.25) is 0 Å². The molecule has 0 radical (unpaired) electrons. The van der Waals surface area contributed by atoms with Crippen LogP contribution in [0, 0.1) is 10.1 Å². The van der Waals surface area contributed by atoms with E-state index in [-0.39, 0.29) is 23.4 Å². The van der Waals surface area contributed by atoms with Gasteiger partial charge in [0.2, 0.25) is 0 Å². The number of nitro groups is 1. The first kappa shape index (κ1) is 14.3. The van der Waals surface area contributed by atoms with E-state index < -0.39 is 10.8 Å². The van der Waals surface area contributed by atoms with Crippen molar-refractivity contribution in [2.75, 3.05) is 12.8 Å². The van der Waals surface area contributed by atoms with E-state index in [4.69, 9.17) is 10.5 Å². The summed E-state index contributed by atoms with van der Waals surface area (Å²) in [6, 6.07) is 3.85. The van der Waals surface area contributed by atoms with E-state index in [2.05, 4.69) is 5.32 Å². The zero-order chi connectivity index (χ0) is 14.7. The molecule has 0 aliphatic heterocycles. The van der Waals surface area contributed by atoms with Gasteiger partial charge in [0.15, 0.2) is 0 Å². The van der Waals surface area contributed by atoms with Gasteiger partial charge in [-0.3, -0.25) is 14.9 Å². The number of hydrogen-bond acceptors (Lipinski definition) is 5. The number of carbonyl (C=O) groups is 1. The van der Waals surface area contributed by atoms with E-state index in [1.54, 1.807) is 7.11 Å². The minimum absolute atomic E-state index is 0.0169. The van der Waals surface area contributed by atoms with E-state index in [0.29, 0.717) is 5.69 Å². The summed E-state index contributed by atoms with van der Waals surface area (Å²) in [5.41, 5.74) is 5.65. The molecule has 1 aliphatic rings. The van der Waals surface area contributed by atoms with Crippen LogP contribution in [0.3, 0.4) is 0 Å². The third-order valence-corrected chi connectivity index (χ3v) is 3.53. The maximum atomic E-state index is 12.2. The van der Waals surface area contributed by atoms with Gasteiger partial charge in [-0.05, 0) is 31.4 Å². The summed E-state index contributed by atoms with van der Waals surface area (Å²) in [6.45, 7) is 0. The lowest BCUT2D eigenvalue weighted by atomic mass is 10.1. The highest BCUT2D eigenvalue weighted by Crippen LogP contribution is 2.24. The fourth-order valence-corrected chi connectivity index (χ4v) is 2.51. The number of ether oxygens (including phenoxy) is 1. The minimum atomic E-state index is -0.587. The zero-order valence-electron chi connectivity index (χ0n) is 11.2. The van der Waals surface area contributed by atoms with Gasteiger partial charge in [0.25, 0.3) is 11.6 Å². The number of nitrogens with two attached hydrogens (primary N) is 1. The Kier molecular flexibility index (Phi) is 4.19. The van der Waals surface area contributed by atoms with Crippen molar-refractivity contribution in [3.05, 3.63) is 33.9 Å². The predicted molar refractivity (Wildman–Crippen MR) is 73.4 cm³/mol. The Hall–Kier alpha value is -2.15. The molecule has 20 heavy (non-hydrogen) atoms. The summed E-state index contributed by atoms with van der Waals surface area (Å²) in [7, 11) is 1.60. The molecule has 0 bridgehead atoms. The van der Waals surface area contributed by atoms with Gasteiger partial charge >= 0.3 is 0 Å². The first-order valence-corrected chi connectivity index (χ1v) is 6.40. The number of hydrogen-bond donors (Lipinski definition) is 2. The molecular formula is C13H17N3O4. The van der Waals surface area contributed by atoms with Crippen molar-refractivity contribution < 1.29 is 14.5 Å². The highest BCUT2D eigenvalue weighted by molar-refractivity contribution is 5.99. The molecule has 2 atom stereocenters. The number of amides is 1. The number of anilines is 1. The number of nitro benzene ring substituents is 1. The Labute approximate surface area is 116 Å². The van der Waals surface area contributed by atoms with Crippen LogP contribution in [-0.2, 0) is 4.74 Å². The molecule has 1 saturated carbocycles. The van der Waals surface area contributed by atoms with Crippen molar-refractivity contribution >= 4 is 17.3 Å². The zero-order valence-corrected chi connectivity index (χ0v) is 11.2. The van der Waals surface area contributed by atoms with Crippen molar-refractivity contribution in [2.24, 2.45) is 0 Å². The third-order valence-electron chi connectivity index (χ3n) is 3.53. The van der Waals surface area contributed by atoms with Crippen LogP contribution >= 0.6 is 0 Å². The molecule has 108 valence electrons. The highest BCUT2D eigenvalue weighted by atomic mass is 16.6. The number of rotatable bonds is 4. The molecule has 0 saturated heterocycles. The van der Waals surface area contributed by atoms with Crippen LogP contribution in [0.15, 0.2) is 18.2 Å². The molecule has 0 heterocycles. The van der Waals surface area contributed by atoms with E-state index in [9.17, 15) is 14.9 Å². The second kappa shape index (κ2) is 5.87. The monoisotopic (exact) mass is 279 g/mol. The topological polar surface area (TPSA) is 107 Å². The first-order chi connectivity index (χ1) is 9.52. The fraction of sp³-hybridized carbons (Fsp3) is 0.462. The molecule has 1 fully saturated rings. The summed E-state index contributed by atoms with van der Waals surface area (Å²) in [5, 5.41) is 13.7. The average molecular weight is 279 g/mol. The van der Waals surface area contributed by atoms with Crippen LogP contribution in [0.25, 0.3) is 0 Å². The molecule has 1 amide bonds. The van der Waals surface area contributed by atoms with Gasteiger partial charge in [-0.2, -0.15) is 0 Å². The van der Waals surface area contributed by atoms with Crippen molar-refractivity contribution in [3.8, 4) is 0 Å². The van der Waals surface area contributed by atoms with Gasteiger partial charge in [0.1, 0.15) is 5.56 Å². The Morgan fingerprint density at radius 2 is 2.25 bits per heavy atom. The third kappa shape index (κ3) is 2.88. The summed E-state index contributed by atoms with van der Waals surface area (Å²) in [5.74, 6) is -0.488. The van der Waals surface area contributed by atoms with E-state index in [0.717, 1.165) is 19.3 Å². The van der Waals surface area contributed by atoms with Gasteiger partial charge < -0.3 is 15.8 Å². The van der Waals surface area contributed by atoms with Crippen LogP contribution < -0.4 is 11.1 Å². The maximum Gasteiger partial charge on any atom is 0.282 e. The lowest BCUT2D eigenvalue weighted by Crippen LogP contribution is -2.40. The number of benzene rings is 1. The molecule has 1 aromatic rings. The molecule has 7 heteroatoms. The average Bonchev–Trinajstić information content (AvgIpc) is 2.85. The van der Waals surface area contributed by atoms with Crippen molar-refractivity contribution in [3.63, 3.8) is 0 Å². The molecule has 0 spiro atoms. The van der Waals surface area contributed by atoms with Gasteiger partial charge in [-0.1, -0.05) is 0 Å². The largest absolute Gasteiger partial charge is 0.399 e. The summed E-state index contributed by atoms with van der Waals surface area (Å²) in [6.07, 6.45) is 2.60. The Morgan fingerprint density at radius 1 is 1.50 bits per heavy atom. The summed E-state index contributed by atoms with van der Waals surface area (Å²) < 4.78 is 5.29. The molecule has 1 aromatic carbocycles. The second-order valence-electron chi connectivity index (χ2n) is 4.82. The number of nitrogens with one attached hydrogen (secondary N) is 1. The minimum Gasteiger partial charge on any atom is -0.399 e. The Balaban J connectivity index is 2.20. The van der Waals surface area contributed by atoms with E-state index >= 15 is 0 Å². The van der Waals surface area contributed by atoms with Crippen molar-refractivity contribution in [2.45, 2.75) is 31.4 Å². The molecular weight excluding hydrogens is 262 g/mol. The molecule has 0 aromatic heterocycles. The molecule has 7 nitrogen and oxygen atoms in total. The van der Waals surface area contributed by atoms with Crippen LogP contribution in [0.1, 0.15) is 29.6 Å². The molecule has 2 rings (SSSR count). The Morgan fingerprint density at radius 3 is 2.90 bits per heavy atom. The molecule has 2 unspecified atom stereocenters. The predicted octanol–water partition coefficient (Wildman–Crippen LogP) is 1.47. The van der Waals surface area contributed by atoms with E-state index in [1.807, 2.05) is 0 Å². The van der Waals surface area contributed by atoms with Gasteiger partial charge in [-0.15, -0.1) is 0 Å². The SMILES string of the molecule is COC1CCCC1NC(=O)c1cc(N)ccc1[N+](=O)[O-]. The number of methoxy groups -OCH3 is 1. The molecule has 1 aliphatic carbocycles. The summed E-state index contributed by atoms with van der Waals surface area (Å²) in [4.78, 5) is 22.6. The lowest BCUT2D eigenvalue weighted by molar-refractivity contribution is -0.385. The van der Waals surface area contributed by atoms with Gasteiger partial charge in [0.05, 0.1) is 17.1 Å². The standard InChI is InChI=1S/C13H17N3O4/c1-20-12-4-2-3-10(12)15-13(17)9-7-8(14)5-6-11(9)16(18)19/h5-7,10,12H,2-4,14H2,1H3,(H,15,17). The lowest BCUT2D eigenvalue weighted by Gasteiger charge is -2.19. The van der Waals surface area contributed by atoms with Crippen molar-refractivity contribution in [1.82, 2.24) is 5.32 Å². The number of nitrogen functional groups attached to an aromatic ring is 1. The fourth-order valence-electron chi connectivity index (χ4n) is 2.51. The molecule has 3 N–H and O–H groups in total. The van der Waals surface area contributed by atoms with Crippen molar-refractivity contribution in [1.29, 1.82) is 0 Å². The van der Waals surface area contributed by atoms with Crippen LogP contribution in [0.5, 0.6) is 0 Å².